The molecule has 1 heterocycles. The first-order chi connectivity index (χ1) is 12.1. The maximum absolute atomic E-state index is 12.4. The largest absolute Gasteiger partial charge is 0.484 e. The summed E-state index contributed by atoms with van der Waals surface area (Å²) < 4.78 is 5.40. The summed E-state index contributed by atoms with van der Waals surface area (Å²) in [5.41, 5.74) is 1.65. The van der Waals surface area contributed by atoms with Crippen molar-refractivity contribution in [3.8, 4) is 5.75 Å². The second-order valence-electron chi connectivity index (χ2n) is 5.18. The summed E-state index contributed by atoms with van der Waals surface area (Å²) in [6.45, 7) is -0.143. The van der Waals surface area contributed by atoms with Gasteiger partial charge in [-0.05, 0) is 48.5 Å². The Balaban J connectivity index is 1.57. The minimum atomic E-state index is -0.303. The number of aromatic amines is 1. The van der Waals surface area contributed by atoms with E-state index in [2.05, 4.69) is 15.5 Å². The van der Waals surface area contributed by atoms with Gasteiger partial charge in [-0.15, -0.1) is 0 Å². The van der Waals surface area contributed by atoms with E-state index in [0.717, 1.165) is 0 Å². The number of hydrogen-bond acceptors (Lipinski definition) is 4. The number of nitrogens with one attached hydrogen (secondary N) is 2. The number of rotatable bonds is 6. The summed E-state index contributed by atoms with van der Waals surface area (Å²) >= 11 is 5.82. The molecule has 2 N–H and O–H groups in total. The van der Waals surface area contributed by atoms with Crippen molar-refractivity contribution in [3.05, 3.63) is 77.1 Å². The number of amides is 1. The first-order valence-corrected chi connectivity index (χ1v) is 7.81. The third-order valence-corrected chi connectivity index (χ3v) is 3.63. The zero-order valence-corrected chi connectivity index (χ0v) is 13.8. The molecule has 0 radical (unpaired) electrons. The predicted octanol–water partition coefficient (Wildman–Crippen LogP) is 3.31. The number of carbonyl (C=O) groups excluding carboxylic acids is 2. The van der Waals surface area contributed by atoms with Crippen LogP contribution < -0.4 is 10.1 Å². The van der Waals surface area contributed by atoms with Crippen molar-refractivity contribution in [2.45, 2.75) is 0 Å². The van der Waals surface area contributed by atoms with Gasteiger partial charge < -0.3 is 10.1 Å². The summed E-state index contributed by atoms with van der Waals surface area (Å²) in [5, 5.41) is 9.53. The summed E-state index contributed by atoms with van der Waals surface area (Å²) in [4.78, 5) is 24.1. The van der Waals surface area contributed by atoms with Gasteiger partial charge in [0.2, 0.25) is 0 Å². The van der Waals surface area contributed by atoms with E-state index in [9.17, 15) is 9.59 Å². The molecule has 1 amide bonds. The van der Waals surface area contributed by atoms with Crippen LogP contribution >= 0.6 is 11.6 Å². The molecule has 2 aromatic carbocycles. The normalized spacial score (nSPS) is 10.3. The zero-order chi connectivity index (χ0) is 17.6. The summed E-state index contributed by atoms with van der Waals surface area (Å²) in [7, 11) is 0. The average Bonchev–Trinajstić information content (AvgIpc) is 3.13. The second kappa shape index (κ2) is 7.63. The highest BCUT2D eigenvalue weighted by atomic mass is 35.5. The van der Waals surface area contributed by atoms with Crippen LogP contribution in [0.5, 0.6) is 5.75 Å². The van der Waals surface area contributed by atoms with E-state index in [1.807, 2.05) is 0 Å². The van der Waals surface area contributed by atoms with Gasteiger partial charge in [0.1, 0.15) is 5.75 Å². The smallest absolute Gasteiger partial charge is 0.262 e. The Morgan fingerprint density at radius 3 is 2.28 bits per heavy atom. The molecular weight excluding hydrogens is 342 g/mol. The van der Waals surface area contributed by atoms with Crippen LogP contribution in [0.25, 0.3) is 0 Å². The van der Waals surface area contributed by atoms with Crippen molar-refractivity contribution in [3.63, 3.8) is 0 Å². The number of nitrogens with zero attached hydrogens (tertiary/aromatic N) is 1. The predicted molar refractivity (Wildman–Crippen MR) is 94.0 cm³/mol. The van der Waals surface area contributed by atoms with Gasteiger partial charge in [0.15, 0.2) is 12.4 Å². The molecule has 0 aliphatic heterocycles. The topological polar surface area (TPSA) is 84.1 Å². The lowest BCUT2D eigenvalue weighted by Gasteiger charge is -2.07. The zero-order valence-electron chi connectivity index (χ0n) is 13.0. The van der Waals surface area contributed by atoms with E-state index >= 15 is 0 Å². The maximum Gasteiger partial charge on any atom is 0.262 e. The Morgan fingerprint density at radius 2 is 1.68 bits per heavy atom. The second-order valence-corrected chi connectivity index (χ2v) is 5.62. The Labute approximate surface area is 148 Å². The van der Waals surface area contributed by atoms with Gasteiger partial charge in [0.25, 0.3) is 5.91 Å². The van der Waals surface area contributed by atoms with Gasteiger partial charge >= 0.3 is 0 Å². The number of anilines is 1. The molecule has 0 atom stereocenters. The number of ether oxygens (including phenoxy) is 1. The van der Waals surface area contributed by atoms with Crippen LogP contribution in [-0.4, -0.2) is 28.5 Å². The lowest BCUT2D eigenvalue weighted by molar-refractivity contribution is -0.118. The summed E-state index contributed by atoms with van der Waals surface area (Å²) in [5.74, 6) is 0.0821. The Morgan fingerprint density at radius 1 is 1.04 bits per heavy atom. The number of aromatic nitrogens is 2. The molecule has 0 aliphatic rings. The molecule has 7 heteroatoms. The van der Waals surface area contributed by atoms with Gasteiger partial charge in [-0.25, -0.2) is 0 Å². The van der Waals surface area contributed by atoms with Crippen LogP contribution in [-0.2, 0) is 4.79 Å². The van der Waals surface area contributed by atoms with E-state index in [0.29, 0.717) is 27.6 Å². The number of ketones is 1. The van der Waals surface area contributed by atoms with Gasteiger partial charge in [0, 0.05) is 22.3 Å². The van der Waals surface area contributed by atoms with E-state index in [1.54, 1.807) is 54.7 Å². The monoisotopic (exact) mass is 355 g/mol. The van der Waals surface area contributed by atoms with Crippen molar-refractivity contribution in [1.29, 1.82) is 0 Å². The molecular formula is C18H14ClN3O3. The Kier molecular flexibility index (Phi) is 5.11. The third-order valence-electron chi connectivity index (χ3n) is 3.37. The van der Waals surface area contributed by atoms with Crippen molar-refractivity contribution in [2.24, 2.45) is 0 Å². The standard InChI is InChI=1S/C18H14ClN3O3/c19-14-5-1-12(2-6-14)18(24)13-3-7-16(8-4-13)25-11-17(23)22-15-9-20-21-10-15/h1-10H,11H2,(H,20,21)(H,22,23). The third kappa shape index (κ3) is 4.45. The lowest BCUT2D eigenvalue weighted by atomic mass is 10.0. The number of hydrogen-bond donors (Lipinski definition) is 2. The molecule has 3 aromatic rings. The number of benzene rings is 2. The number of halogens is 1. The van der Waals surface area contributed by atoms with Crippen molar-refractivity contribution in [1.82, 2.24) is 10.2 Å². The van der Waals surface area contributed by atoms with Crippen LogP contribution in [0.2, 0.25) is 5.02 Å². The highest BCUT2D eigenvalue weighted by molar-refractivity contribution is 6.30. The molecule has 0 spiro atoms. The molecule has 0 unspecified atom stereocenters. The van der Waals surface area contributed by atoms with Crippen molar-refractivity contribution >= 4 is 29.0 Å². The quantitative estimate of drug-likeness (QED) is 0.664. The minimum Gasteiger partial charge on any atom is -0.484 e. The van der Waals surface area contributed by atoms with Crippen LogP contribution in [0.3, 0.4) is 0 Å². The fourth-order valence-electron chi connectivity index (χ4n) is 2.14. The number of carbonyl (C=O) groups is 2. The Hall–Kier alpha value is -3.12. The van der Waals surface area contributed by atoms with Crippen LogP contribution in [0.1, 0.15) is 15.9 Å². The lowest BCUT2D eigenvalue weighted by Crippen LogP contribution is -2.19. The van der Waals surface area contributed by atoms with Crippen LogP contribution in [0.15, 0.2) is 60.9 Å². The molecule has 0 aliphatic carbocycles. The molecule has 0 fully saturated rings. The Bertz CT molecular complexity index is 860. The average molecular weight is 356 g/mol. The summed E-state index contributed by atoms with van der Waals surface area (Å²) in [6.07, 6.45) is 3.06. The van der Waals surface area contributed by atoms with E-state index in [-0.39, 0.29) is 18.3 Å². The van der Waals surface area contributed by atoms with Gasteiger partial charge in [-0.3, -0.25) is 14.7 Å². The molecule has 0 saturated heterocycles. The maximum atomic E-state index is 12.4. The summed E-state index contributed by atoms with van der Waals surface area (Å²) in [6, 6.07) is 13.3. The van der Waals surface area contributed by atoms with E-state index < -0.39 is 0 Å². The van der Waals surface area contributed by atoms with Crippen LogP contribution in [0.4, 0.5) is 5.69 Å². The first-order valence-electron chi connectivity index (χ1n) is 7.43. The number of H-pyrrole nitrogens is 1. The van der Waals surface area contributed by atoms with Crippen LogP contribution in [0, 0.1) is 0 Å². The molecule has 25 heavy (non-hydrogen) atoms. The highest BCUT2D eigenvalue weighted by Crippen LogP contribution is 2.17. The van der Waals surface area contributed by atoms with Crippen molar-refractivity contribution in [2.75, 3.05) is 11.9 Å². The minimum absolute atomic E-state index is 0.110. The fourth-order valence-corrected chi connectivity index (χ4v) is 2.26. The molecule has 0 saturated carbocycles. The fraction of sp³-hybridized carbons (Fsp3) is 0.0556. The van der Waals surface area contributed by atoms with Gasteiger partial charge in [0.05, 0.1) is 11.9 Å². The van der Waals surface area contributed by atoms with E-state index in [4.69, 9.17) is 16.3 Å². The van der Waals surface area contributed by atoms with Gasteiger partial charge in [-0.1, -0.05) is 11.6 Å². The highest BCUT2D eigenvalue weighted by Gasteiger charge is 2.10. The molecule has 126 valence electrons. The molecule has 6 nitrogen and oxygen atoms in total. The van der Waals surface area contributed by atoms with Crippen molar-refractivity contribution < 1.29 is 14.3 Å². The molecule has 1 aromatic heterocycles. The molecule has 0 bridgehead atoms. The van der Waals surface area contributed by atoms with Gasteiger partial charge in [-0.2, -0.15) is 5.10 Å². The molecule has 3 rings (SSSR count). The SMILES string of the molecule is O=C(COc1ccc(C(=O)c2ccc(Cl)cc2)cc1)Nc1cn[nH]c1. The first kappa shape index (κ1) is 16.7. The van der Waals surface area contributed by atoms with E-state index in [1.165, 1.54) is 6.20 Å².